The summed E-state index contributed by atoms with van der Waals surface area (Å²) in [5.41, 5.74) is 1.84. The molecule has 188 valence electrons. The minimum atomic E-state index is -4.48. The van der Waals surface area contributed by atoms with E-state index in [9.17, 15) is 13.0 Å². The zero-order valence-corrected chi connectivity index (χ0v) is 26.7. The van der Waals surface area contributed by atoms with Crippen LogP contribution in [0.5, 0.6) is 0 Å². The van der Waals surface area contributed by atoms with Crippen molar-refractivity contribution >= 4 is 69.8 Å². The monoisotopic (exact) mass is 614 g/mol. The summed E-state index contributed by atoms with van der Waals surface area (Å²) in [4.78, 5) is -0.0111. The Kier molecular flexibility index (Phi) is 19.4. The van der Waals surface area contributed by atoms with E-state index >= 15 is 0 Å². The molecule has 1 N–H and O–H groups in total. The molecular formula is C28H44BaO4S. The molecule has 0 unspecified atom stereocenters. The van der Waals surface area contributed by atoms with Crippen LogP contribution in [-0.2, 0) is 23.0 Å². The summed E-state index contributed by atoms with van der Waals surface area (Å²) in [5, 5.41) is 1.98. The van der Waals surface area contributed by atoms with Gasteiger partial charge in [-0.1, -0.05) is 109 Å². The SMILES string of the molecule is CCCCCCCCCc1cc2cccc(CCCCCCCCC)c2cc1S(=O)(=O)[O-].[Ba+2].[OH-]. The second kappa shape index (κ2) is 19.3. The molecule has 0 spiro atoms. The van der Waals surface area contributed by atoms with Crippen molar-refractivity contribution in [2.45, 2.75) is 121 Å². The summed E-state index contributed by atoms with van der Waals surface area (Å²) in [5.74, 6) is 0. The van der Waals surface area contributed by atoms with E-state index in [4.69, 9.17) is 0 Å². The first-order valence-electron chi connectivity index (χ1n) is 13.0. The molecule has 0 radical (unpaired) electrons. The number of hydrogen-bond donors (Lipinski definition) is 0. The quantitative estimate of drug-likeness (QED) is 0.104. The summed E-state index contributed by atoms with van der Waals surface area (Å²) < 4.78 is 36.1. The molecule has 4 nitrogen and oxygen atoms in total. The molecule has 34 heavy (non-hydrogen) atoms. The number of fused-ring (bicyclic) bond motifs is 1. The molecule has 0 aliphatic carbocycles. The van der Waals surface area contributed by atoms with Crippen LogP contribution in [0.15, 0.2) is 35.2 Å². The Labute approximate surface area is 248 Å². The smallest absolute Gasteiger partial charge is 0.870 e. The van der Waals surface area contributed by atoms with Crippen LogP contribution in [0.2, 0.25) is 0 Å². The van der Waals surface area contributed by atoms with E-state index < -0.39 is 10.1 Å². The average molecular weight is 614 g/mol. The van der Waals surface area contributed by atoms with Gasteiger partial charge in [-0.15, -0.1) is 0 Å². The van der Waals surface area contributed by atoms with Gasteiger partial charge in [-0.25, -0.2) is 8.42 Å². The minimum absolute atomic E-state index is 0. The summed E-state index contributed by atoms with van der Waals surface area (Å²) >= 11 is 0. The fraction of sp³-hybridized carbons (Fsp3) is 0.643. The number of rotatable bonds is 17. The van der Waals surface area contributed by atoms with Crippen molar-refractivity contribution < 1.29 is 18.4 Å². The van der Waals surface area contributed by atoms with E-state index in [0.29, 0.717) is 12.0 Å². The van der Waals surface area contributed by atoms with Crippen molar-refractivity contribution in [2.24, 2.45) is 0 Å². The molecule has 2 rings (SSSR count). The Morgan fingerprint density at radius 3 is 1.65 bits per heavy atom. The first kappa shape index (κ1) is 34.1. The van der Waals surface area contributed by atoms with Gasteiger partial charge in [0, 0.05) is 0 Å². The molecule has 6 heteroatoms. The van der Waals surface area contributed by atoms with Crippen LogP contribution >= 0.6 is 0 Å². The van der Waals surface area contributed by atoms with Crippen LogP contribution in [0.1, 0.15) is 115 Å². The molecule has 2 aromatic carbocycles. The minimum Gasteiger partial charge on any atom is -0.870 e. The number of aryl methyl sites for hydroxylation is 2. The molecule has 0 bridgehead atoms. The molecular weight excluding hydrogens is 570 g/mol. The fourth-order valence-corrected chi connectivity index (χ4v) is 5.35. The molecule has 0 saturated carbocycles. The maximum absolute atomic E-state index is 12.0. The first-order chi connectivity index (χ1) is 15.5. The number of unbranched alkanes of at least 4 members (excludes halogenated alkanes) is 12. The Morgan fingerprint density at radius 1 is 0.676 bits per heavy atom. The van der Waals surface area contributed by atoms with E-state index in [1.165, 1.54) is 70.6 Å². The van der Waals surface area contributed by atoms with Gasteiger partial charge < -0.3 is 10.0 Å². The Morgan fingerprint density at radius 2 is 1.15 bits per heavy atom. The van der Waals surface area contributed by atoms with Crippen molar-refractivity contribution in [1.29, 1.82) is 0 Å². The second-order valence-electron chi connectivity index (χ2n) is 9.29. The van der Waals surface area contributed by atoms with E-state index in [2.05, 4.69) is 26.0 Å². The fourth-order valence-electron chi connectivity index (χ4n) is 4.61. The van der Waals surface area contributed by atoms with Gasteiger partial charge in [-0.05, 0) is 59.7 Å². The van der Waals surface area contributed by atoms with Gasteiger partial charge in [-0.2, -0.15) is 0 Å². The van der Waals surface area contributed by atoms with Gasteiger partial charge in [0.15, 0.2) is 0 Å². The Balaban J connectivity index is 0.00000544. The van der Waals surface area contributed by atoms with E-state index in [1.807, 2.05) is 12.1 Å². The predicted octanol–water partition coefficient (Wildman–Crippen LogP) is 7.77. The summed E-state index contributed by atoms with van der Waals surface area (Å²) in [6.07, 6.45) is 18.6. The maximum atomic E-state index is 12.0. The standard InChI is InChI=1S/C28H44O3S.Ba.H2O/c1-3-5-7-9-11-13-15-18-24-20-17-21-25-22-26(19-16-14-12-10-8-6-4-2)28(23-27(24)25)32(29,30)31;;/h17,20-23H,3-16,18-19H2,1-2H3,(H,29,30,31);;1H2/q;+2;/p-2. The van der Waals surface area contributed by atoms with Crippen LogP contribution in [0.3, 0.4) is 0 Å². The van der Waals surface area contributed by atoms with Gasteiger partial charge in [0.2, 0.25) is 0 Å². The van der Waals surface area contributed by atoms with Crippen molar-refractivity contribution in [2.75, 3.05) is 0 Å². The Hall–Kier alpha value is 0.141. The zero-order valence-electron chi connectivity index (χ0n) is 21.5. The third kappa shape index (κ3) is 12.4. The zero-order chi connectivity index (χ0) is 23.2. The topological polar surface area (TPSA) is 87.2 Å². The van der Waals surface area contributed by atoms with Gasteiger partial charge in [-0.3, -0.25) is 0 Å². The molecule has 0 amide bonds. The van der Waals surface area contributed by atoms with Crippen LogP contribution in [-0.4, -0.2) is 67.3 Å². The first-order valence-corrected chi connectivity index (χ1v) is 14.4. The maximum Gasteiger partial charge on any atom is 2.00 e. The molecule has 0 saturated heterocycles. The number of benzene rings is 2. The predicted molar refractivity (Wildman–Crippen MR) is 143 cm³/mol. The third-order valence-corrected chi connectivity index (χ3v) is 7.44. The van der Waals surface area contributed by atoms with Crippen LogP contribution in [0.4, 0.5) is 0 Å². The van der Waals surface area contributed by atoms with E-state index in [0.717, 1.165) is 42.0 Å². The van der Waals surface area contributed by atoms with Gasteiger partial charge in [0.05, 0.1) is 4.90 Å². The van der Waals surface area contributed by atoms with Gasteiger partial charge in [0.1, 0.15) is 10.1 Å². The van der Waals surface area contributed by atoms with Crippen molar-refractivity contribution in [1.82, 2.24) is 0 Å². The molecule has 0 atom stereocenters. The van der Waals surface area contributed by atoms with Crippen molar-refractivity contribution in [3.05, 3.63) is 41.5 Å². The van der Waals surface area contributed by atoms with Crippen molar-refractivity contribution in [3.63, 3.8) is 0 Å². The van der Waals surface area contributed by atoms with Crippen LogP contribution in [0.25, 0.3) is 10.8 Å². The Bertz CT molecular complexity index is 912. The molecule has 0 aliphatic rings. The molecule has 0 fully saturated rings. The molecule has 0 aliphatic heterocycles. The second-order valence-corrected chi connectivity index (χ2v) is 10.6. The number of hydrogen-bond acceptors (Lipinski definition) is 4. The van der Waals surface area contributed by atoms with Gasteiger partial charge >= 0.3 is 48.9 Å². The third-order valence-electron chi connectivity index (χ3n) is 6.52. The molecule has 0 heterocycles. The summed E-state index contributed by atoms with van der Waals surface area (Å²) in [7, 11) is -4.48. The largest absolute Gasteiger partial charge is 2.00 e. The van der Waals surface area contributed by atoms with Crippen LogP contribution in [0, 0.1) is 0 Å². The van der Waals surface area contributed by atoms with Crippen LogP contribution < -0.4 is 0 Å². The normalized spacial score (nSPS) is 11.3. The summed E-state index contributed by atoms with van der Waals surface area (Å²) in [6.45, 7) is 4.45. The van der Waals surface area contributed by atoms with E-state index in [1.54, 1.807) is 6.07 Å². The van der Waals surface area contributed by atoms with Gasteiger partial charge in [0.25, 0.3) is 0 Å². The van der Waals surface area contributed by atoms with Crippen molar-refractivity contribution in [3.8, 4) is 0 Å². The van der Waals surface area contributed by atoms with E-state index in [-0.39, 0.29) is 59.3 Å². The molecule has 0 aromatic heterocycles. The molecule has 2 aromatic rings. The average Bonchev–Trinajstić information content (AvgIpc) is 2.76. The summed E-state index contributed by atoms with van der Waals surface area (Å²) in [6, 6.07) is 9.79.